The summed E-state index contributed by atoms with van der Waals surface area (Å²) in [6, 6.07) is 33.1. The summed E-state index contributed by atoms with van der Waals surface area (Å²) in [4.78, 5) is 0. The Bertz CT molecular complexity index is 2670. The predicted octanol–water partition coefficient (Wildman–Crippen LogP) is 11.7. The van der Waals surface area contributed by atoms with Crippen LogP contribution in [0.5, 0.6) is 23.3 Å². The van der Waals surface area contributed by atoms with Gasteiger partial charge in [0.2, 0.25) is 31.8 Å². The third-order valence-corrected chi connectivity index (χ3v) is 15.3. The maximum absolute atomic E-state index is 12.7. The number of nitrogens with one attached hydrogen (secondary N) is 2. The van der Waals surface area contributed by atoms with Gasteiger partial charge in [-0.1, -0.05) is 74.5 Å². The van der Waals surface area contributed by atoms with E-state index in [-0.39, 0.29) is 31.2 Å². The molecule has 3 N–H and O–H groups in total. The second-order valence-corrected chi connectivity index (χ2v) is 22.4. The summed E-state index contributed by atoms with van der Waals surface area (Å²) in [5.41, 5.74) is 4.73. The molecule has 0 saturated carbocycles. The topological polar surface area (TPSA) is 170 Å². The Kier molecular flexibility index (Phi) is 20.8. The number of benzene rings is 4. The predicted molar refractivity (Wildman–Crippen MR) is 276 cm³/mol. The molecule has 0 atom stereocenters. The van der Waals surface area contributed by atoms with E-state index in [9.17, 15) is 38.0 Å². The van der Waals surface area contributed by atoms with Gasteiger partial charge in [0.15, 0.2) is 0 Å². The minimum atomic E-state index is -4.93. The summed E-state index contributed by atoms with van der Waals surface area (Å²) in [6.07, 6.45) is 0. The molecule has 21 heteroatoms. The van der Waals surface area contributed by atoms with Gasteiger partial charge in [-0.15, -0.1) is 11.7 Å². The molecule has 0 saturated heterocycles. The number of aliphatic hydroxyl groups is 1. The molecule has 6 rings (SSSR count). The molecule has 0 spiro atoms. The minimum absolute atomic E-state index is 0.0155. The smallest absolute Gasteiger partial charge is 0.278 e. The van der Waals surface area contributed by atoms with Crippen molar-refractivity contribution in [3.63, 3.8) is 0 Å². The van der Waals surface area contributed by atoms with E-state index in [1.165, 1.54) is 13.8 Å². The SMILES string of the molecule is CCN(CC)S(F)(F)F.CCn1nc(-c2cccc(C(C)(C)NS(=O)(=O)CC)c2)cc1Oc1ccc(CF)cc1.CCn1nc(-c2cccc(C(C)(C)NS(=O)(=O)CC)c2)cc1Oc1ccc(CO)cc1. The molecule has 2 aromatic heterocycles. The highest BCUT2D eigenvalue weighted by atomic mass is 32.3. The van der Waals surface area contributed by atoms with Crippen molar-refractivity contribution in [1.29, 1.82) is 0 Å². The number of nitrogens with zero attached hydrogens (tertiary/aromatic N) is 5. The van der Waals surface area contributed by atoms with Gasteiger partial charge in [-0.2, -0.15) is 14.5 Å². The van der Waals surface area contributed by atoms with E-state index in [1.807, 2.05) is 114 Å². The lowest BCUT2D eigenvalue weighted by Crippen LogP contribution is -2.41. The van der Waals surface area contributed by atoms with Crippen LogP contribution >= 0.6 is 11.4 Å². The van der Waals surface area contributed by atoms with Crippen molar-refractivity contribution in [2.75, 3.05) is 24.6 Å². The first kappa shape index (κ1) is 58.3. The van der Waals surface area contributed by atoms with E-state index in [0.29, 0.717) is 51.9 Å². The first-order valence-corrected chi connectivity index (χ1v) is 27.7. The zero-order valence-corrected chi connectivity index (χ0v) is 44.4. The Morgan fingerprint density at radius 3 is 1.27 bits per heavy atom. The van der Waals surface area contributed by atoms with Crippen LogP contribution in [0.25, 0.3) is 22.5 Å². The van der Waals surface area contributed by atoms with Crippen molar-refractivity contribution in [2.45, 2.75) is 107 Å². The molecule has 0 fully saturated rings. The van der Waals surface area contributed by atoms with Crippen LogP contribution in [0, 0.1) is 0 Å². The summed E-state index contributed by atoms with van der Waals surface area (Å²) in [7, 11) is -6.72. The number of hydrogen-bond donors (Lipinski definition) is 3. The number of aryl methyl sites for hydroxylation is 2. The molecule has 0 amide bonds. The molecule has 0 radical (unpaired) electrons. The Balaban J connectivity index is 0.000000263. The fourth-order valence-electron chi connectivity index (χ4n) is 6.94. The molecule has 2 heterocycles. The average molecular weight is 1050 g/mol. The Morgan fingerprint density at radius 1 is 0.592 bits per heavy atom. The molecule has 0 aliphatic rings. The fourth-order valence-corrected chi connectivity index (χ4v) is 9.61. The maximum Gasteiger partial charge on any atom is 0.278 e. The van der Waals surface area contributed by atoms with Crippen molar-refractivity contribution in [3.05, 3.63) is 131 Å². The van der Waals surface area contributed by atoms with Crippen LogP contribution in [0.3, 0.4) is 0 Å². The van der Waals surface area contributed by atoms with Crippen LogP contribution in [0.2, 0.25) is 0 Å². The van der Waals surface area contributed by atoms with Gasteiger partial charge in [0.1, 0.15) is 18.2 Å². The zero-order chi connectivity index (χ0) is 52.8. The molecule has 0 unspecified atom stereocenters. The number of rotatable bonds is 21. The lowest BCUT2D eigenvalue weighted by Gasteiger charge is -2.26. The fraction of sp³-hybridized carbons (Fsp3) is 0.400. The highest BCUT2D eigenvalue weighted by molar-refractivity contribution is 8.18. The summed E-state index contributed by atoms with van der Waals surface area (Å²) < 4.78 is 118. The number of hydrogen-bond acceptors (Lipinski definition) is 10. The first-order valence-electron chi connectivity index (χ1n) is 23.1. The minimum Gasteiger partial charge on any atom is -0.439 e. The number of alkyl halides is 1. The van der Waals surface area contributed by atoms with Crippen LogP contribution in [-0.2, 0) is 57.5 Å². The zero-order valence-electron chi connectivity index (χ0n) is 41.9. The van der Waals surface area contributed by atoms with E-state index in [0.717, 1.165) is 33.5 Å². The van der Waals surface area contributed by atoms with Crippen LogP contribution in [0.4, 0.5) is 16.0 Å². The second-order valence-electron chi connectivity index (χ2n) is 17.1. The largest absolute Gasteiger partial charge is 0.439 e. The van der Waals surface area contributed by atoms with Gasteiger partial charge in [0, 0.05) is 49.4 Å². The molecule has 6 aromatic rings. The second kappa shape index (κ2) is 25.4. The Labute approximate surface area is 418 Å². The molecular formula is C50H67F4N7O7S3. The molecule has 4 aromatic carbocycles. The van der Waals surface area contributed by atoms with Crippen molar-refractivity contribution < 1.29 is 47.5 Å². The molecule has 14 nitrogen and oxygen atoms in total. The van der Waals surface area contributed by atoms with E-state index in [2.05, 4.69) is 19.6 Å². The van der Waals surface area contributed by atoms with Gasteiger partial charge in [0.25, 0.3) is 11.4 Å². The lowest BCUT2D eigenvalue weighted by molar-refractivity contribution is 0.281. The first-order chi connectivity index (χ1) is 33.4. The summed E-state index contributed by atoms with van der Waals surface area (Å²) in [6.45, 7) is 18.4. The van der Waals surface area contributed by atoms with Gasteiger partial charge in [-0.05, 0) is 114 Å². The van der Waals surface area contributed by atoms with Gasteiger partial charge in [0.05, 0.1) is 40.6 Å². The average Bonchev–Trinajstić information content (AvgIpc) is 3.95. The normalized spacial score (nSPS) is 12.5. The van der Waals surface area contributed by atoms with E-state index in [1.54, 1.807) is 59.6 Å². The van der Waals surface area contributed by atoms with Gasteiger partial charge < -0.3 is 14.6 Å². The molecule has 0 bridgehead atoms. The van der Waals surface area contributed by atoms with Crippen molar-refractivity contribution >= 4 is 31.4 Å². The van der Waals surface area contributed by atoms with Crippen LogP contribution < -0.4 is 18.9 Å². The van der Waals surface area contributed by atoms with Gasteiger partial charge in [-0.25, -0.2) is 40.0 Å². The van der Waals surface area contributed by atoms with Crippen LogP contribution in [-0.4, -0.2) is 70.4 Å². The number of ether oxygens (including phenoxy) is 2. The molecule has 390 valence electrons. The Morgan fingerprint density at radius 2 is 0.972 bits per heavy atom. The molecule has 0 aliphatic carbocycles. The van der Waals surface area contributed by atoms with Crippen molar-refractivity contribution in [3.8, 4) is 45.8 Å². The Hall–Kier alpha value is -5.29. The lowest BCUT2D eigenvalue weighted by atomic mass is 9.93. The molecule has 0 aliphatic heterocycles. The summed E-state index contributed by atoms with van der Waals surface area (Å²) >= 11 is -4.93. The van der Waals surface area contributed by atoms with Gasteiger partial charge >= 0.3 is 0 Å². The van der Waals surface area contributed by atoms with Gasteiger partial charge in [-0.3, -0.25) is 0 Å². The van der Waals surface area contributed by atoms with Crippen LogP contribution in [0.15, 0.2) is 109 Å². The number of sulfonamides is 2. The third kappa shape index (κ3) is 16.9. The van der Waals surface area contributed by atoms with Crippen molar-refractivity contribution in [1.82, 2.24) is 33.3 Å². The highest BCUT2D eigenvalue weighted by Gasteiger charge is 2.29. The number of halogens is 4. The highest BCUT2D eigenvalue weighted by Crippen LogP contribution is 2.56. The summed E-state index contributed by atoms with van der Waals surface area (Å²) in [5.74, 6) is 2.47. The number of aromatic nitrogens is 4. The number of aliphatic hydroxyl groups excluding tert-OH is 1. The molecule has 71 heavy (non-hydrogen) atoms. The standard InChI is InChI=1S/C23H28FN3O3S.C23H29N3O4S.C4H10F3NS/c1-5-27-22(30-20-12-10-17(16-24)11-13-20)15-21(25-27)18-8-7-9-19(14-18)23(3,4)26-31(28,29)6-2;1-5-26-22(30-20-12-10-17(16-27)11-13-20)15-21(24-26)18-8-7-9-19(14-18)23(3,4)25-31(28,29)6-2;1-3-8(4-2)9(5,6)7/h7-15,26H,5-6,16H2,1-4H3;7-15,25,27H,5-6,16H2,1-4H3;3-4H2,1-2H3. The third-order valence-electron chi connectivity index (χ3n) is 11.1. The maximum atomic E-state index is 12.7. The van der Waals surface area contributed by atoms with E-state index in [4.69, 9.17) is 9.47 Å². The monoisotopic (exact) mass is 1050 g/mol. The van der Waals surface area contributed by atoms with Crippen LogP contribution in [0.1, 0.15) is 91.5 Å². The van der Waals surface area contributed by atoms with Crippen molar-refractivity contribution in [2.24, 2.45) is 0 Å². The molecular weight excluding hydrogens is 983 g/mol. The summed E-state index contributed by atoms with van der Waals surface area (Å²) in [5, 5.41) is 18.5. The quantitative estimate of drug-likeness (QED) is 0.0590. The van der Waals surface area contributed by atoms with E-state index < -0.39 is 49.2 Å². The van der Waals surface area contributed by atoms with E-state index >= 15 is 0 Å².